The van der Waals surface area contributed by atoms with E-state index in [1.807, 2.05) is 42.5 Å². The molecule has 0 aromatic heterocycles. The zero-order valence-corrected chi connectivity index (χ0v) is 10.9. The largest absolute Gasteiger partial charge is 0.223 e. The third-order valence-corrected chi connectivity index (χ3v) is 5.91. The van der Waals surface area contributed by atoms with Gasteiger partial charge in [0.1, 0.15) is 0 Å². The normalized spacial score (nSPS) is 24.7. The maximum Gasteiger partial charge on any atom is 0.182 e. The van der Waals surface area contributed by atoms with Gasteiger partial charge in [0.25, 0.3) is 0 Å². The Morgan fingerprint density at radius 2 is 1.50 bits per heavy atom. The standard InChI is InChI=1S/C15H14O2S/c1-11-15(12-7-3-2-4-8-12)13-9-5-6-10-14(13)18(11,16)17/h2-11,15H,1H3. The van der Waals surface area contributed by atoms with Gasteiger partial charge in [-0.15, -0.1) is 0 Å². The molecule has 0 bridgehead atoms. The second kappa shape index (κ2) is 3.95. The van der Waals surface area contributed by atoms with Crippen LogP contribution >= 0.6 is 0 Å². The molecule has 0 aliphatic carbocycles. The van der Waals surface area contributed by atoms with Gasteiger partial charge in [0.15, 0.2) is 9.84 Å². The van der Waals surface area contributed by atoms with Crippen LogP contribution in [0.4, 0.5) is 0 Å². The van der Waals surface area contributed by atoms with Crippen molar-refractivity contribution < 1.29 is 8.42 Å². The van der Waals surface area contributed by atoms with Gasteiger partial charge in [0.2, 0.25) is 0 Å². The van der Waals surface area contributed by atoms with E-state index in [-0.39, 0.29) is 5.92 Å². The van der Waals surface area contributed by atoms with Crippen LogP contribution in [0.15, 0.2) is 59.5 Å². The van der Waals surface area contributed by atoms with Crippen LogP contribution in [0.1, 0.15) is 24.0 Å². The number of rotatable bonds is 1. The maximum absolute atomic E-state index is 12.4. The molecule has 0 N–H and O–H groups in total. The van der Waals surface area contributed by atoms with Crippen molar-refractivity contribution in [2.24, 2.45) is 0 Å². The molecule has 2 aromatic carbocycles. The third-order valence-electron chi connectivity index (χ3n) is 3.68. The minimum atomic E-state index is -3.18. The van der Waals surface area contributed by atoms with Gasteiger partial charge >= 0.3 is 0 Å². The first-order valence-electron chi connectivity index (χ1n) is 6.00. The molecular weight excluding hydrogens is 244 g/mol. The molecular formula is C15H14O2S. The minimum absolute atomic E-state index is 0.0487. The molecule has 1 heterocycles. The summed E-state index contributed by atoms with van der Waals surface area (Å²) < 4.78 is 24.7. The summed E-state index contributed by atoms with van der Waals surface area (Å²) in [5.74, 6) is -0.0487. The lowest BCUT2D eigenvalue weighted by molar-refractivity contribution is 0.586. The predicted molar refractivity (Wildman–Crippen MR) is 71.4 cm³/mol. The molecule has 0 saturated carbocycles. The fraction of sp³-hybridized carbons (Fsp3) is 0.200. The lowest BCUT2D eigenvalue weighted by Gasteiger charge is -2.15. The van der Waals surface area contributed by atoms with Crippen molar-refractivity contribution in [3.63, 3.8) is 0 Å². The van der Waals surface area contributed by atoms with Gasteiger partial charge in [-0.25, -0.2) is 8.42 Å². The molecule has 3 rings (SSSR count). The lowest BCUT2D eigenvalue weighted by Crippen LogP contribution is -2.17. The number of fused-ring (bicyclic) bond motifs is 1. The van der Waals surface area contributed by atoms with E-state index >= 15 is 0 Å². The van der Waals surface area contributed by atoms with Crippen molar-refractivity contribution >= 4 is 9.84 Å². The van der Waals surface area contributed by atoms with Crippen LogP contribution in [0.5, 0.6) is 0 Å². The van der Waals surface area contributed by atoms with E-state index in [0.717, 1.165) is 11.1 Å². The Morgan fingerprint density at radius 1 is 0.889 bits per heavy atom. The van der Waals surface area contributed by atoms with E-state index in [1.165, 1.54) is 0 Å². The van der Waals surface area contributed by atoms with E-state index < -0.39 is 15.1 Å². The van der Waals surface area contributed by atoms with Gasteiger partial charge in [-0.2, -0.15) is 0 Å². The Kier molecular flexibility index (Phi) is 2.52. The van der Waals surface area contributed by atoms with Crippen LogP contribution in [0.25, 0.3) is 0 Å². The summed E-state index contributed by atoms with van der Waals surface area (Å²) in [4.78, 5) is 0.492. The van der Waals surface area contributed by atoms with E-state index in [0.29, 0.717) is 4.90 Å². The molecule has 0 amide bonds. The summed E-state index contributed by atoms with van der Waals surface area (Å²) in [6.45, 7) is 1.80. The van der Waals surface area contributed by atoms with Gasteiger partial charge < -0.3 is 0 Å². The van der Waals surface area contributed by atoms with Crippen LogP contribution in [0, 0.1) is 0 Å². The van der Waals surface area contributed by atoms with Crippen LogP contribution in [-0.2, 0) is 9.84 Å². The Hall–Kier alpha value is -1.61. The Morgan fingerprint density at radius 3 is 2.22 bits per heavy atom. The highest BCUT2D eigenvalue weighted by molar-refractivity contribution is 7.92. The van der Waals surface area contributed by atoms with Crippen LogP contribution in [-0.4, -0.2) is 13.7 Å². The van der Waals surface area contributed by atoms with Crippen molar-refractivity contribution in [1.82, 2.24) is 0 Å². The quantitative estimate of drug-likeness (QED) is 0.788. The Balaban J connectivity index is 2.25. The van der Waals surface area contributed by atoms with E-state index in [2.05, 4.69) is 0 Å². The molecule has 92 valence electrons. The van der Waals surface area contributed by atoms with E-state index in [4.69, 9.17) is 0 Å². The van der Waals surface area contributed by atoms with Gasteiger partial charge in [-0.1, -0.05) is 48.5 Å². The molecule has 2 nitrogen and oxygen atoms in total. The fourth-order valence-electron chi connectivity index (χ4n) is 2.74. The van der Waals surface area contributed by atoms with Gasteiger partial charge in [0.05, 0.1) is 10.1 Å². The molecule has 2 aromatic rings. The molecule has 2 atom stereocenters. The SMILES string of the molecule is CC1C(c2ccccc2)c2ccccc2S1(=O)=O. The molecule has 0 saturated heterocycles. The summed E-state index contributed by atoms with van der Waals surface area (Å²) in [6, 6.07) is 17.2. The monoisotopic (exact) mass is 258 g/mol. The lowest BCUT2D eigenvalue weighted by atomic mass is 9.89. The van der Waals surface area contributed by atoms with Crippen molar-refractivity contribution in [2.45, 2.75) is 23.0 Å². The Labute approximate surface area is 107 Å². The first-order chi connectivity index (χ1) is 8.62. The third kappa shape index (κ3) is 1.51. The average Bonchev–Trinajstić information content (AvgIpc) is 2.60. The number of benzene rings is 2. The summed E-state index contributed by atoms with van der Waals surface area (Å²) in [6.07, 6.45) is 0. The zero-order chi connectivity index (χ0) is 12.8. The molecule has 18 heavy (non-hydrogen) atoms. The molecule has 0 radical (unpaired) electrons. The predicted octanol–water partition coefficient (Wildman–Crippen LogP) is 2.99. The maximum atomic E-state index is 12.4. The molecule has 2 unspecified atom stereocenters. The number of hydrogen-bond donors (Lipinski definition) is 0. The summed E-state index contributed by atoms with van der Waals surface area (Å²) in [7, 11) is -3.18. The van der Waals surface area contributed by atoms with Gasteiger partial charge in [-0.3, -0.25) is 0 Å². The summed E-state index contributed by atoms with van der Waals surface area (Å²) in [5, 5.41) is -0.391. The highest BCUT2D eigenvalue weighted by atomic mass is 32.2. The van der Waals surface area contributed by atoms with Gasteiger partial charge in [0, 0.05) is 5.92 Å². The molecule has 0 spiro atoms. The van der Waals surface area contributed by atoms with Crippen molar-refractivity contribution in [3.05, 3.63) is 65.7 Å². The van der Waals surface area contributed by atoms with Gasteiger partial charge in [-0.05, 0) is 24.1 Å². The first kappa shape index (κ1) is 11.5. The van der Waals surface area contributed by atoms with E-state index in [9.17, 15) is 8.42 Å². The number of hydrogen-bond acceptors (Lipinski definition) is 2. The molecule has 3 heteroatoms. The van der Waals surface area contributed by atoms with Crippen LogP contribution in [0.2, 0.25) is 0 Å². The summed E-state index contributed by atoms with van der Waals surface area (Å²) >= 11 is 0. The zero-order valence-electron chi connectivity index (χ0n) is 10.1. The minimum Gasteiger partial charge on any atom is -0.223 e. The van der Waals surface area contributed by atoms with Crippen molar-refractivity contribution in [1.29, 1.82) is 0 Å². The number of sulfone groups is 1. The van der Waals surface area contributed by atoms with Crippen molar-refractivity contribution in [3.8, 4) is 0 Å². The first-order valence-corrected chi connectivity index (χ1v) is 7.55. The van der Waals surface area contributed by atoms with Crippen LogP contribution in [0.3, 0.4) is 0 Å². The Bertz CT molecular complexity index is 675. The molecule has 1 aliphatic heterocycles. The highest BCUT2D eigenvalue weighted by Gasteiger charge is 2.42. The van der Waals surface area contributed by atoms with E-state index in [1.54, 1.807) is 19.1 Å². The molecule has 0 fully saturated rings. The topological polar surface area (TPSA) is 34.1 Å². The van der Waals surface area contributed by atoms with Crippen LogP contribution < -0.4 is 0 Å². The second-order valence-electron chi connectivity index (χ2n) is 4.68. The van der Waals surface area contributed by atoms with Crippen molar-refractivity contribution in [2.75, 3.05) is 0 Å². The smallest absolute Gasteiger partial charge is 0.182 e. The highest BCUT2D eigenvalue weighted by Crippen LogP contribution is 2.43. The summed E-state index contributed by atoms with van der Waals surface area (Å²) in [5.41, 5.74) is 2.00. The average molecular weight is 258 g/mol. The second-order valence-corrected chi connectivity index (χ2v) is 6.95. The molecule has 1 aliphatic rings. The fourth-order valence-corrected chi connectivity index (χ4v) is 4.59.